The van der Waals surface area contributed by atoms with Crippen LogP contribution in [0.4, 0.5) is 4.79 Å². The Kier molecular flexibility index (Phi) is 11.5. The van der Waals surface area contributed by atoms with Crippen molar-refractivity contribution in [3.05, 3.63) is 12.2 Å². The first kappa shape index (κ1) is 28.5. The summed E-state index contributed by atoms with van der Waals surface area (Å²) in [5, 5.41) is 3.13. The molecule has 1 fully saturated rings. The lowest BCUT2D eigenvalue weighted by Crippen LogP contribution is -2.34. The highest BCUT2D eigenvalue weighted by Gasteiger charge is 2.34. The molecule has 2 aliphatic rings. The van der Waals surface area contributed by atoms with Crippen LogP contribution in [0.2, 0.25) is 0 Å². The van der Waals surface area contributed by atoms with Crippen LogP contribution in [0.25, 0.3) is 0 Å². The van der Waals surface area contributed by atoms with Gasteiger partial charge in [-0.1, -0.05) is 17.9 Å². The van der Waals surface area contributed by atoms with Crippen LogP contribution in [0, 0.1) is 0 Å². The van der Waals surface area contributed by atoms with Crippen LogP contribution >= 0.6 is 0 Å². The van der Waals surface area contributed by atoms with Gasteiger partial charge in [0.2, 0.25) is 12.2 Å². The predicted molar refractivity (Wildman–Crippen MR) is 120 cm³/mol. The maximum absolute atomic E-state index is 11.9. The van der Waals surface area contributed by atoms with E-state index in [-0.39, 0.29) is 37.0 Å². The summed E-state index contributed by atoms with van der Waals surface area (Å²) >= 11 is 0. The number of hydrogen-bond acceptors (Lipinski definition) is 10. The molecule has 0 saturated carbocycles. The van der Waals surface area contributed by atoms with E-state index in [1.54, 1.807) is 0 Å². The molecule has 5 amide bonds. The van der Waals surface area contributed by atoms with Crippen LogP contribution < -0.4 is 5.32 Å². The van der Waals surface area contributed by atoms with Crippen LogP contribution in [0.1, 0.15) is 71.1 Å². The number of amides is 5. The van der Waals surface area contributed by atoms with Crippen molar-refractivity contribution in [3.8, 4) is 0 Å². The first-order valence-corrected chi connectivity index (χ1v) is 11.9. The number of esters is 1. The maximum atomic E-state index is 11.9. The monoisotopic (exact) mass is 509 g/mol. The molecule has 0 aromatic carbocycles. The van der Waals surface area contributed by atoms with Crippen LogP contribution in [0.5, 0.6) is 0 Å². The molecular weight excluding hydrogens is 478 g/mol. The Morgan fingerprint density at radius 3 is 2.14 bits per heavy atom. The Morgan fingerprint density at radius 2 is 1.47 bits per heavy atom. The lowest BCUT2D eigenvalue weighted by Gasteiger charge is -2.16. The van der Waals surface area contributed by atoms with Gasteiger partial charge in [-0.15, -0.1) is 0 Å². The van der Waals surface area contributed by atoms with Gasteiger partial charge in [-0.05, 0) is 25.7 Å². The lowest BCUT2D eigenvalue weighted by atomic mass is 10.1. The largest absolute Gasteiger partial charge is 0.537 e. The summed E-state index contributed by atoms with van der Waals surface area (Å²) in [4.78, 5) is 86.6. The summed E-state index contributed by atoms with van der Waals surface area (Å²) in [7, 11) is 0. The maximum Gasteiger partial charge on any atom is 0.537 e. The zero-order valence-corrected chi connectivity index (χ0v) is 20.2. The van der Waals surface area contributed by atoms with Crippen LogP contribution in [0.15, 0.2) is 12.2 Å². The Morgan fingerprint density at radius 1 is 0.861 bits per heavy atom. The smallest absolute Gasteiger partial charge is 0.425 e. The van der Waals surface area contributed by atoms with Gasteiger partial charge in [0.25, 0.3) is 23.6 Å². The summed E-state index contributed by atoms with van der Waals surface area (Å²) in [6.45, 7) is 2.12. The van der Waals surface area contributed by atoms with Crippen molar-refractivity contribution < 1.29 is 47.9 Å². The fraction of sp³-hybridized carbons (Fsp3) is 0.609. The highest BCUT2D eigenvalue weighted by Crippen LogP contribution is 2.13. The van der Waals surface area contributed by atoms with Gasteiger partial charge in [-0.3, -0.25) is 38.5 Å². The second-order valence-corrected chi connectivity index (χ2v) is 8.23. The summed E-state index contributed by atoms with van der Waals surface area (Å²) in [5.41, 5.74) is 0. The van der Waals surface area contributed by atoms with Gasteiger partial charge in [0, 0.05) is 57.8 Å². The van der Waals surface area contributed by atoms with Crippen molar-refractivity contribution in [3.63, 3.8) is 0 Å². The summed E-state index contributed by atoms with van der Waals surface area (Å²) in [5.74, 6) is -2.59. The fourth-order valence-corrected chi connectivity index (χ4v) is 3.43. The van der Waals surface area contributed by atoms with Crippen LogP contribution in [0.3, 0.4) is 0 Å². The van der Waals surface area contributed by atoms with Crippen molar-refractivity contribution >= 4 is 41.7 Å². The molecule has 0 aliphatic carbocycles. The number of imide groups is 2. The normalized spacial score (nSPS) is 15.9. The number of nitrogens with zero attached hydrogens (tertiary/aromatic N) is 2. The van der Waals surface area contributed by atoms with Gasteiger partial charge < -0.3 is 14.8 Å². The molecule has 0 bridgehead atoms. The number of nitrogens with one attached hydrogen (secondary N) is 1. The van der Waals surface area contributed by atoms with Gasteiger partial charge >= 0.3 is 12.1 Å². The lowest BCUT2D eigenvalue weighted by molar-refractivity contribution is -0.191. The highest BCUT2D eigenvalue weighted by atomic mass is 16.9. The first-order chi connectivity index (χ1) is 17.2. The van der Waals surface area contributed by atoms with Crippen molar-refractivity contribution in [1.82, 2.24) is 15.3 Å². The number of hydroxylamine groups is 2. The molecule has 1 N–H and O–H groups in total. The van der Waals surface area contributed by atoms with Crippen molar-refractivity contribution in [2.24, 2.45) is 0 Å². The first-order valence-electron chi connectivity index (χ1n) is 11.9. The number of ether oxygens (including phenoxy) is 2. The van der Waals surface area contributed by atoms with E-state index in [2.05, 4.69) is 10.2 Å². The molecule has 0 aromatic heterocycles. The van der Waals surface area contributed by atoms with E-state index in [4.69, 9.17) is 9.47 Å². The number of carbonyl (C=O) groups is 7. The predicted octanol–water partition coefficient (Wildman–Crippen LogP) is 1.25. The zero-order valence-electron chi connectivity index (χ0n) is 20.2. The SMILES string of the molecule is CC(OC(=O)CCCCCNC(=O)CCCCCN1C(=O)C=CC1=O)OC(=O)ON1C(=O)CCC1=O. The zero-order chi connectivity index (χ0) is 26.5. The summed E-state index contributed by atoms with van der Waals surface area (Å²) < 4.78 is 9.63. The van der Waals surface area contributed by atoms with E-state index < -0.39 is 30.2 Å². The van der Waals surface area contributed by atoms with E-state index in [1.165, 1.54) is 24.0 Å². The van der Waals surface area contributed by atoms with Crippen molar-refractivity contribution in [2.75, 3.05) is 13.1 Å². The second kappa shape index (κ2) is 14.6. The molecule has 2 rings (SSSR count). The molecule has 1 atom stereocenters. The molecule has 13 heteroatoms. The number of hydrogen-bond donors (Lipinski definition) is 1. The summed E-state index contributed by atoms with van der Waals surface area (Å²) in [6, 6.07) is 0. The minimum Gasteiger partial charge on any atom is -0.425 e. The van der Waals surface area contributed by atoms with Gasteiger partial charge in [-0.25, -0.2) is 4.79 Å². The molecule has 13 nitrogen and oxygen atoms in total. The number of rotatable bonds is 15. The van der Waals surface area contributed by atoms with E-state index in [0.717, 1.165) is 6.42 Å². The van der Waals surface area contributed by atoms with Crippen molar-refractivity contribution in [2.45, 2.75) is 77.4 Å². The second-order valence-electron chi connectivity index (χ2n) is 8.23. The van der Waals surface area contributed by atoms with Gasteiger partial charge in [0.05, 0.1) is 0 Å². The third kappa shape index (κ3) is 9.84. The summed E-state index contributed by atoms with van der Waals surface area (Å²) in [6.07, 6.45) is 4.10. The molecule has 0 radical (unpaired) electrons. The Labute approximate surface area is 208 Å². The van der Waals surface area contributed by atoms with E-state index in [1.807, 2.05) is 0 Å². The molecule has 1 saturated heterocycles. The van der Waals surface area contributed by atoms with Gasteiger partial charge in [0.1, 0.15) is 0 Å². The minimum absolute atomic E-state index is 0.0499. The van der Waals surface area contributed by atoms with Crippen LogP contribution in [-0.2, 0) is 43.1 Å². The number of carbonyl (C=O) groups excluding carboxylic acids is 7. The average molecular weight is 510 g/mol. The Bertz CT molecular complexity index is 867. The molecule has 0 spiro atoms. The molecule has 198 valence electrons. The molecule has 2 heterocycles. The topological polar surface area (TPSA) is 166 Å². The molecule has 2 aliphatic heterocycles. The third-order valence-electron chi connectivity index (χ3n) is 5.30. The Hall–Kier alpha value is -3.77. The van der Waals surface area contributed by atoms with Crippen molar-refractivity contribution in [1.29, 1.82) is 0 Å². The minimum atomic E-state index is -1.33. The van der Waals surface area contributed by atoms with Crippen LogP contribution in [-0.4, -0.2) is 71.0 Å². The quantitative estimate of drug-likeness (QED) is 0.147. The molecule has 0 aromatic rings. The molecular formula is C23H31N3O10. The Balaban J connectivity index is 1.43. The van der Waals surface area contributed by atoms with Gasteiger partial charge in [0.15, 0.2) is 0 Å². The molecule has 1 unspecified atom stereocenters. The molecule has 36 heavy (non-hydrogen) atoms. The van der Waals surface area contributed by atoms with Gasteiger partial charge in [-0.2, -0.15) is 0 Å². The average Bonchev–Trinajstić information content (AvgIpc) is 3.30. The third-order valence-corrected chi connectivity index (χ3v) is 5.30. The van der Waals surface area contributed by atoms with E-state index >= 15 is 0 Å². The van der Waals surface area contributed by atoms with E-state index in [9.17, 15) is 33.6 Å². The highest BCUT2D eigenvalue weighted by molar-refractivity contribution is 6.12. The fourth-order valence-electron chi connectivity index (χ4n) is 3.43. The number of unbranched alkanes of at least 4 members (excludes halogenated alkanes) is 4. The standard InChI is InChI=1S/C23H31N3O10/c1-16(35-23(33)36-26-20(30)12-13-21(26)31)34-22(32)9-5-2-6-14-24-17(27)8-4-3-7-15-25-18(28)10-11-19(25)29/h10-11,16H,2-9,12-15H2,1H3,(H,24,27). The van der Waals surface area contributed by atoms with E-state index in [0.29, 0.717) is 56.7 Å².